The predicted octanol–water partition coefficient (Wildman–Crippen LogP) is 6.05. The third-order valence-electron chi connectivity index (χ3n) is 5.32. The maximum absolute atomic E-state index is 4.27. The topological polar surface area (TPSA) is 22.8 Å². The molecular formula is C27H26IrN3-. The van der Waals surface area contributed by atoms with Crippen LogP contribution < -0.4 is 0 Å². The maximum Gasteiger partial charge on any atom is 0.164 e. The maximum atomic E-state index is 4.27. The van der Waals surface area contributed by atoms with Crippen LogP contribution in [0, 0.1) is 13.8 Å². The quantitative estimate of drug-likeness (QED) is 0.263. The van der Waals surface area contributed by atoms with Gasteiger partial charge in [0.15, 0.2) is 6.33 Å². The van der Waals surface area contributed by atoms with Gasteiger partial charge in [0.1, 0.15) is 12.4 Å². The summed E-state index contributed by atoms with van der Waals surface area (Å²) < 4.78 is 4.25. The fourth-order valence-electron chi connectivity index (χ4n) is 3.91. The molecule has 4 aromatic rings. The Balaban J connectivity index is 0.000000176. The van der Waals surface area contributed by atoms with Crippen molar-refractivity contribution in [2.75, 3.05) is 0 Å². The van der Waals surface area contributed by atoms with Gasteiger partial charge in [-0.05, 0) is 31.1 Å². The molecule has 5 rings (SSSR count). The Hall–Kier alpha value is -3.07. The van der Waals surface area contributed by atoms with E-state index in [1.807, 2.05) is 49.5 Å². The minimum atomic E-state index is 0. The summed E-state index contributed by atoms with van der Waals surface area (Å²) in [5.74, 6) is 0. The van der Waals surface area contributed by atoms with Crippen molar-refractivity contribution in [2.45, 2.75) is 13.3 Å². The van der Waals surface area contributed by atoms with Gasteiger partial charge < -0.3 is 0 Å². The normalized spacial score (nSPS) is 11.9. The van der Waals surface area contributed by atoms with E-state index in [0.29, 0.717) is 0 Å². The predicted molar refractivity (Wildman–Crippen MR) is 125 cm³/mol. The number of imidazole rings is 1. The van der Waals surface area contributed by atoms with E-state index >= 15 is 0 Å². The van der Waals surface area contributed by atoms with E-state index in [-0.39, 0.29) is 20.1 Å². The molecule has 4 heteroatoms. The van der Waals surface area contributed by atoms with Crippen molar-refractivity contribution in [3.05, 3.63) is 127 Å². The fourth-order valence-corrected chi connectivity index (χ4v) is 3.91. The van der Waals surface area contributed by atoms with Gasteiger partial charge in [-0.3, -0.25) is 9.55 Å². The standard InChI is InChI=1S/C15H16N2.C12H10N.Ir/c1-11-5-4-6-13-9-12(2)15(14(11)13)17-8-7-16(3)10-17;1-10-6-2-3-7-11(10)12-8-4-5-9-13-12;/h4-8,10H,1,9H2,2-3H3;2-9H,1H2;/q;-1;. The molecule has 0 atom stereocenters. The number of pyridine rings is 1. The van der Waals surface area contributed by atoms with Crippen LogP contribution in [0.5, 0.6) is 0 Å². The van der Waals surface area contributed by atoms with Gasteiger partial charge in [-0.25, -0.2) is 0 Å². The smallest absolute Gasteiger partial charge is 0.164 e. The van der Waals surface area contributed by atoms with Crippen molar-refractivity contribution in [1.82, 2.24) is 14.1 Å². The molecule has 2 aromatic carbocycles. The largest absolute Gasteiger partial charge is 0.270 e. The third kappa shape index (κ3) is 4.82. The molecule has 159 valence electrons. The van der Waals surface area contributed by atoms with Crippen LogP contribution in [0.4, 0.5) is 0 Å². The average Bonchev–Trinajstić information content (AvgIpc) is 3.32. The molecule has 0 fully saturated rings. The summed E-state index contributed by atoms with van der Waals surface area (Å²) >= 11 is 0. The van der Waals surface area contributed by atoms with Gasteiger partial charge in [-0.2, -0.15) is 41.7 Å². The Morgan fingerprint density at radius 3 is 2.32 bits per heavy atom. The van der Waals surface area contributed by atoms with Crippen molar-refractivity contribution in [3.8, 4) is 11.3 Å². The Labute approximate surface area is 198 Å². The van der Waals surface area contributed by atoms with Crippen molar-refractivity contribution >= 4 is 5.70 Å². The van der Waals surface area contributed by atoms with E-state index in [1.54, 1.807) is 6.20 Å². The number of nitrogens with zero attached hydrogens (tertiary/aromatic N) is 3. The van der Waals surface area contributed by atoms with Crippen LogP contribution in [0.2, 0.25) is 0 Å². The van der Waals surface area contributed by atoms with Gasteiger partial charge in [0.05, 0.1) is 5.70 Å². The molecule has 0 bridgehead atoms. The van der Waals surface area contributed by atoms with Crippen LogP contribution in [-0.2, 0) is 33.6 Å². The molecule has 0 N–H and O–H groups in total. The molecule has 0 unspecified atom stereocenters. The first-order chi connectivity index (χ1) is 14.5. The molecule has 0 saturated carbocycles. The number of aryl methyl sites for hydroxylation is 1. The van der Waals surface area contributed by atoms with Crippen LogP contribution in [0.3, 0.4) is 0 Å². The summed E-state index contributed by atoms with van der Waals surface area (Å²) in [5.41, 5.74) is 9.61. The minimum Gasteiger partial charge on any atom is -0.270 e. The molecule has 0 amide bonds. The summed E-state index contributed by atoms with van der Waals surface area (Å²) in [6.45, 7) is 10.3. The number of hydrogen-bond donors (Lipinski definition) is 0. The van der Waals surface area contributed by atoms with Crippen molar-refractivity contribution < 1.29 is 20.1 Å². The van der Waals surface area contributed by atoms with Gasteiger partial charge in [0.25, 0.3) is 0 Å². The first-order valence-electron chi connectivity index (χ1n) is 10.0. The molecule has 0 spiro atoms. The van der Waals surface area contributed by atoms with E-state index < -0.39 is 0 Å². The third-order valence-corrected chi connectivity index (χ3v) is 5.32. The zero-order valence-electron chi connectivity index (χ0n) is 17.9. The van der Waals surface area contributed by atoms with E-state index in [2.05, 4.69) is 71.8 Å². The van der Waals surface area contributed by atoms with Gasteiger partial charge in [-0.1, -0.05) is 29.3 Å². The number of rotatable bonds is 2. The first-order valence-corrected chi connectivity index (χ1v) is 10.0. The van der Waals surface area contributed by atoms with Crippen molar-refractivity contribution in [2.24, 2.45) is 7.05 Å². The van der Waals surface area contributed by atoms with E-state index in [9.17, 15) is 0 Å². The van der Waals surface area contributed by atoms with E-state index in [1.165, 1.54) is 22.4 Å². The molecule has 31 heavy (non-hydrogen) atoms. The summed E-state index contributed by atoms with van der Waals surface area (Å²) in [4.78, 5) is 4.27. The summed E-state index contributed by atoms with van der Waals surface area (Å²) in [5, 5.41) is 0. The van der Waals surface area contributed by atoms with Gasteiger partial charge in [0.2, 0.25) is 0 Å². The van der Waals surface area contributed by atoms with Crippen molar-refractivity contribution in [3.63, 3.8) is 0 Å². The molecule has 1 aliphatic carbocycles. The van der Waals surface area contributed by atoms with Crippen LogP contribution in [0.1, 0.15) is 29.2 Å². The van der Waals surface area contributed by atoms with Gasteiger partial charge in [0, 0.05) is 39.0 Å². The molecular weight excluding hydrogens is 559 g/mol. The molecule has 1 radical (unpaired) electrons. The molecule has 0 aliphatic heterocycles. The number of allylic oxidation sites excluding steroid dienone is 1. The Morgan fingerprint density at radius 2 is 1.65 bits per heavy atom. The van der Waals surface area contributed by atoms with Crippen molar-refractivity contribution in [1.29, 1.82) is 0 Å². The van der Waals surface area contributed by atoms with Crippen LogP contribution in [0.25, 0.3) is 17.0 Å². The first kappa shape index (κ1) is 22.6. The van der Waals surface area contributed by atoms with Gasteiger partial charge in [-0.15, -0.1) is 23.8 Å². The summed E-state index contributed by atoms with van der Waals surface area (Å²) in [7, 11) is 2.04. The zero-order chi connectivity index (χ0) is 21.1. The fraction of sp³-hybridized carbons (Fsp3) is 0.111. The van der Waals surface area contributed by atoms with E-state index in [4.69, 9.17) is 0 Å². The second kappa shape index (κ2) is 9.82. The van der Waals surface area contributed by atoms with Gasteiger partial charge >= 0.3 is 0 Å². The molecule has 2 aromatic heterocycles. The monoisotopic (exact) mass is 585 g/mol. The second-order valence-corrected chi connectivity index (χ2v) is 7.62. The summed E-state index contributed by atoms with van der Waals surface area (Å²) in [6, 6.07) is 20.3. The molecule has 3 nitrogen and oxygen atoms in total. The number of hydrogen-bond acceptors (Lipinski definition) is 1. The average molecular weight is 585 g/mol. The summed E-state index contributed by atoms with van der Waals surface area (Å²) in [6.07, 6.45) is 9.09. The Morgan fingerprint density at radius 1 is 0.903 bits per heavy atom. The number of aromatic nitrogens is 3. The molecule has 1 aliphatic rings. The Bertz CT molecular complexity index is 1210. The second-order valence-electron chi connectivity index (χ2n) is 7.62. The van der Waals surface area contributed by atoms with E-state index in [0.717, 1.165) is 28.8 Å². The van der Waals surface area contributed by atoms with Crippen LogP contribution >= 0.6 is 0 Å². The SMILES string of the molecule is [CH2-]c1cccc2c1C(n1ccn(C)[cH+]1)=C(C)C2.[CH2-]c1ccccc1-c1ccccn1.[Ir]. The molecule has 2 heterocycles. The van der Waals surface area contributed by atoms with Crippen LogP contribution in [-0.4, -0.2) is 14.1 Å². The Kier molecular flexibility index (Phi) is 7.17. The zero-order valence-corrected chi connectivity index (χ0v) is 20.3. The molecule has 0 saturated heterocycles. The number of benzene rings is 2. The minimum absolute atomic E-state index is 0. The van der Waals surface area contributed by atoms with Crippen LogP contribution in [0.15, 0.2) is 91.2 Å². The number of fused-ring (bicyclic) bond motifs is 1.